The molecule has 1 aliphatic heterocycles. The minimum atomic E-state index is -0.151. The highest BCUT2D eigenvalue weighted by atomic mass is 35.5. The van der Waals surface area contributed by atoms with Gasteiger partial charge in [-0.1, -0.05) is 41.9 Å². The molecule has 5 heteroatoms. The number of benzene rings is 2. The smallest absolute Gasteiger partial charge is 0.254 e. The lowest BCUT2D eigenvalue weighted by Gasteiger charge is -2.39. The molecule has 4 rings (SSSR count). The van der Waals surface area contributed by atoms with Crippen LogP contribution in [0, 0.1) is 5.92 Å². The molecule has 0 unspecified atom stereocenters. The van der Waals surface area contributed by atoms with E-state index in [2.05, 4.69) is 17.4 Å². The van der Waals surface area contributed by atoms with Gasteiger partial charge in [0.15, 0.2) is 0 Å². The second kappa shape index (κ2) is 7.73. The van der Waals surface area contributed by atoms with Crippen LogP contribution in [0.5, 0.6) is 0 Å². The molecular formula is C22H23ClN2O2. The van der Waals surface area contributed by atoms with Crippen LogP contribution < -0.4 is 5.32 Å². The number of amides is 2. The number of nitrogens with one attached hydrogen (secondary N) is 1. The first kappa shape index (κ1) is 18.1. The van der Waals surface area contributed by atoms with E-state index < -0.39 is 0 Å². The van der Waals surface area contributed by atoms with E-state index in [1.54, 1.807) is 24.3 Å². The molecule has 2 amide bonds. The Kier molecular flexibility index (Phi) is 5.17. The fourth-order valence-corrected chi connectivity index (χ4v) is 3.86. The van der Waals surface area contributed by atoms with Gasteiger partial charge in [-0.15, -0.1) is 0 Å². The third-order valence-electron chi connectivity index (χ3n) is 5.41. The van der Waals surface area contributed by atoms with Gasteiger partial charge >= 0.3 is 0 Å². The zero-order valence-electron chi connectivity index (χ0n) is 15.1. The second-order valence-electron chi connectivity index (χ2n) is 7.45. The zero-order chi connectivity index (χ0) is 18.8. The van der Waals surface area contributed by atoms with Crippen LogP contribution >= 0.6 is 11.6 Å². The molecule has 1 saturated heterocycles. The summed E-state index contributed by atoms with van der Waals surface area (Å²) in [5.41, 5.74) is 1.71. The fraction of sp³-hybridized carbons (Fsp3) is 0.364. The number of likely N-dealkylation sites (tertiary alicyclic amines) is 1. The zero-order valence-corrected chi connectivity index (χ0v) is 15.9. The summed E-state index contributed by atoms with van der Waals surface area (Å²) in [7, 11) is 0. The van der Waals surface area contributed by atoms with Gasteiger partial charge in [-0.3, -0.25) is 9.59 Å². The monoisotopic (exact) mass is 382 g/mol. The van der Waals surface area contributed by atoms with Crippen molar-refractivity contribution in [3.8, 4) is 0 Å². The predicted molar refractivity (Wildman–Crippen MR) is 106 cm³/mol. The van der Waals surface area contributed by atoms with E-state index in [0.717, 1.165) is 31.2 Å². The van der Waals surface area contributed by atoms with Gasteiger partial charge in [-0.25, -0.2) is 0 Å². The summed E-state index contributed by atoms with van der Waals surface area (Å²) in [6.07, 6.45) is 3.71. The van der Waals surface area contributed by atoms with Gasteiger partial charge in [0.05, 0.1) is 12.0 Å². The molecule has 0 bridgehead atoms. The number of carbonyl (C=O) groups is 2. The number of halogens is 1. The van der Waals surface area contributed by atoms with Crippen LogP contribution in [-0.4, -0.2) is 29.3 Å². The average molecular weight is 383 g/mol. The van der Waals surface area contributed by atoms with Crippen molar-refractivity contribution in [3.63, 3.8) is 0 Å². The third-order valence-corrected chi connectivity index (χ3v) is 5.66. The van der Waals surface area contributed by atoms with E-state index in [0.29, 0.717) is 23.2 Å². The lowest BCUT2D eigenvalue weighted by Crippen LogP contribution is -2.47. The maximum atomic E-state index is 13.2. The Morgan fingerprint density at radius 2 is 1.63 bits per heavy atom. The lowest BCUT2D eigenvalue weighted by atomic mass is 9.88. The quantitative estimate of drug-likeness (QED) is 0.860. The third kappa shape index (κ3) is 4.16. The Labute approximate surface area is 164 Å². The largest absolute Gasteiger partial charge is 0.353 e. The molecule has 2 aromatic carbocycles. The van der Waals surface area contributed by atoms with E-state index in [4.69, 9.17) is 11.6 Å². The van der Waals surface area contributed by atoms with Crippen LogP contribution in [0.1, 0.15) is 47.6 Å². The Bertz CT molecular complexity index is 818. The summed E-state index contributed by atoms with van der Waals surface area (Å²) in [5, 5.41) is 3.69. The SMILES string of the molecule is O=C(NC1CC1)[C@@H]1CC[C@H](c2ccccc2)N(C(=O)c2ccc(Cl)cc2)C1. The highest BCUT2D eigenvalue weighted by Gasteiger charge is 2.37. The van der Waals surface area contributed by atoms with Crippen LogP contribution in [0.2, 0.25) is 5.02 Å². The Balaban J connectivity index is 1.58. The van der Waals surface area contributed by atoms with Gasteiger partial charge < -0.3 is 10.2 Å². The van der Waals surface area contributed by atoms with Crippen LogP contribution in [-0.2, 0) is 4.79 Å². The van der Waals surface area contributed by atoms with Crippen molar-refractivity contribution in [1.82, 2.24) is 10.2 Å². The van der Waals surface area contributed by atoms with Crippen molar-refractivity contribution in [2.45, 2.75) is 37.8 Å². The maximum Gasteiger partial charge on any atom is 0.254 e. The number of nitrogens with zero attached hydrogens (tertiary/aromatic N) is 1. The van der Waals surface area contributed by atoms with Gasteiger partial charge in [0.25, 0.3) is 5.91 Å². The molecule has 2 fully saturated rings. The second-order valence-corrected chi connectivity index (χ2v) is 7.88. The Hall–Kier alpha value is -2.33. The topological polar surface area (TPSA) is 49.4 Å². The first-order valence-corrected chi connectivity index (χ1v) is 9.91. The summed E-state index contributed by atoms with van der Waals surface area (Å²) in [5.74, 6) is -0.121. The maximum absolute atomic E-state index is 13.2. The number of rotatable bonds is 4. The average Bonchev–Trinajstić information content (AvgIpc) is 3.52. The van der Waals surface area contributed by atoms with Crippen molar-refractivity contribution >= 4 is 23.4 Å². The van der Waals surface area contributed by atoms with Crippen molar-refractivity contribution in [3.05, 3.63) is 70.7 Å². The van der Waals surface area contributed by atoms with Crippen molar-refractivity contribution in [2.24, 2.45) is 5.92 Å². The summed E-state index contributed by atoms with van der Waals surface area (Å²) >= 11 is 5.97. The van der Waals surface area contributed by atoms with Gasteiger partial charge in [0, 0.05) is 23.2 Å². The normalized spacial score (nSPS) is 22.3. The molecule has 1 aliphatic carbocycles. The molecule has 1 saturated carbocycles. The van der Waals surface area contributed by atoms with Gasteiger partial charge in [0.1, 0.15) is 0 Å². The van der Waals surface area contributed by atoms with Crippen molar-refractivity contribution in [1.29, 1.82) is 0 Å². The van der Waals surface area contributed by atoms with E-state index in [-0.39, 0.29) is 23.8 Å². The van der Waals surface area contributed by atoms with E-state index >= 15 is 0 Å². The molecule has 2 aliphatic rings. The van der Waals surface area contributed by atoms with Crippen LogP contribution in [0.15, 0.2) is 54.6 Å². The molecule has 1 heterocycles. The molecule has 0 spiro atoms. The minimum Gasteiger partial charge on any atom is -0.353 e. The molecule has 1 N–H and O–H groups in total. The number of hydrogen-bond donors (Lipinski definition) is 1. The van der Waals surface area contributed by atoms with Gasteiger partial charge in [-0.2, -0.15) is 0 Å². The summed E-state index contributed by atoms with van der Waals surface area (Å²) in [6.45, 7) is 0.444. The first-order valence-electron chi connectivity index (χ1n) is 9.53. The van der Waals surface area contributed by atoms with Crippen LogP contribution in [0.4, 0.5) is 0 Å². The lowest BCUT2D eigenvalue weighted by molar-refractivity contribution is -0.127. The Morgan fingerprint density at radius 1 is 0.926 bits per heavy atom. The Morgan fingerprint density at radius 3 is 2.30 bits per heavy atom. The summed E-state index contributed by atoms with van der Waals surface area (Å²) in [4.78, 5) is 27.7. The van der Waals surface area contributed by atoms with Crippen LogP contribution in [0.25, 0.3) is 0 Å². The standard InChI is InChI=1S/C22H23ClN2O2/c23-18-9-6-16(7-10-18)22(27)25-14-17(21(26)24-19-11-12-19)8-13-20(25)15-4-2-1-3-5-15/h1-7,9-10,17,19-20H,8,11-14H2,(H,24,26)/t17-,20-/m1/s1. The molecule has 0 aromatic heterocycles. The number of piperidine rings is 1. The number of carbonyl (C=O) groups excluding carboxylic acids is 2. The van der Waals surface area contributed by atoms with Gasteiger partial charge in [0.2, 0.25) is 5.91 Å². The molecular weight excluding hydrogens is 360 g/mol. The van der Waals surface area contributed by atoms with E-state index in [9.17, 15) is 9.59 Å². The van der Waals surface area contributed by atoms with Crippen molar-refractivity contribution in [2.75, 3.05) is 6.54 Å². The van der Waals surface area contributed by atoms with E-state index in [1.165, 1.54) is 0 Å². The molecule has 2 atom stereocenters. The highest BCUT2D eigenvalue weighted by molar-refractivity contribution is 6.30. The molecule has 2 aromatic rings. The van der Waals surface area contributed by atoms with Crippen LogP contribution in [0.3, 0.4) is 0 Å². The minimum absolute atomic E-state index is 0.0145. The summed E-state index contributed by atoms with van der Waals surface area (Å²) in [6, 6.07) is 17.4. The van der Waals surface area contributed by atoms with Crippen molar-refractivity contribution < 1.29 is 9.59 Å². The number of hydrogen-bond acceptors (Lipinski definition) is 2. The van der Waals surface area contributed by atoms with E-state index in [1.807, 2.05) is 23.1 Å². The molecule has 4 nitrogen and oxygen atoms in total. The highest BCUT2D eigenvalue weighted by Crippen LogP contribution is 2.35. The fourth-order valence-electron chi connectivity index (χ4n) is 3.74. The molecule has 140 valence electrons. The first-order chi connectivity index (χ1) is 13.1. The molecule has 27 heavy (non-hydrogen) atoms. The van der Waals surface area contributed by atoms with Gasteiger partial charge in [-0.05, 0) is 55.5 Å². The molecule has 0 radical (unpaired) electrons. The summed E-state index contributed by atoms with van der Waals surface area (Å²) < 4.78 is 0. The predicted octanol–water partition coefficient (Wildman–Crippen LogP) is 4.21.